The second-order valence-corrected chi connectivity index (χ2v) is 8.14. The summed E-state index contributed by atoms with van der Waals surface area (Å²) in [5.41, 5.74) is 4.44. The Hall–Kier alpha value is -3.61. The van der Waals surface area contributed by atoms with Crippen molar-refractivity contribution >= 4 is 11.7 Å². The number of rotatable bonds is 7. The molecular formula is C26H30N4O3. The van der Waals surface area contributed by atoms with E-state index in [4.69, 9.17) is 9.47 Å². The maximum Gasteiger partial charge on any atom is 0.260 e. The third-order valence-corrected chi connectivity index (χ3v) is 5.91. The van der Waals surface area contributed by atoms with Crippen LogP contribution in [0.3, 0.4) is 0 Å². The van der Waals surface area contributed by atoms with Crippen LogP contribution < -0.4 is 14.4 Å². The van der Waals surface area contributed by atoms with E-state index < -0.39 is 0 Å². The quantitative estimate of drug-likeness (QED) is 0.549. The number of hydrogen-bond acceptors (Lipinski definition) is 6. The van der Waals surface area contributed by atoms with Gasteiger partial charge in [0.05, 0.1) is 12.3 Å². The Morgan fingerprint density at radius 2 is 1.55 bits per heavy atom. The van der Waals surface area contributed by atoms with Gasteiger partial charge in [0.25, 0.3) is 5.91 Å². The molecule has 2 heterocycles. The minimum atomic E-state index is -0.0142. The van der Waals surface area contributed by atoms with Crippen LogP contribution >= 0.6 is 0 Å². The number of hydrogen-bond donors (Lipinski definition) is 0. The van der Waals surface area contributed by atoms with Crippen molar-refractivity contribution in [2.24, 2.45) is 0 Å². The Morgan fingerprint density at radius 3 is 2.15 bits per heavy atom. The molecule has 0 N–H and O–H groups in total. The molecule has 0 bridgehead atoms. The van der Waals surface area contributed by atoms with Crippen molar-refractivity contribution in [2.45, 2.75) is 20.8 Å². The maximum atomic E-state index is 12.6. The van der Waals surface area contributed by atoms with Crippen LogP contribution in [0.4, 0.5) is 5.82 Å². The lowest BCUT2D eigenvalue weighted by Gasteiger charge is -2.35. The zero-order valence-corrected chi connectivity index (χ0v) is 19.5. The molecule has 1 aliphatic heterocycles. The highest BCUT2D eigenvalue weighted by Gasteiger charge is 2.22. The summed E-state index contributed by atoms with van der Waals surface area (Å²) in [6, 6.07) is 17.6. The zero-order chi connectivity index (χ0) is 23.2. The molecule has 1 saturated heterocycles. The van der Waals surface area contributed by atoms with Crippen molar-refractivity contribution in [3.63, 3.8) is 0 Å². The third kappa shape index (κ3) is 5.61. The van der Waals surface area contributed by atoms with Gasteiger partial charge < -0.3 is 19.3 Å². The van der Waals surface area contributed by atoms with Gasteiger partial charge in [-0.1, -0.05) is 12.1 Å². The lowest BCUT2D eigenvalue weighted by Crippen LogP contribution is -2.50. The predicted molar refractivity (Wildman–Crippen MR) is 129 cm³/mol. The fourth-order valence-electron chi connectivity index (χ4n) is 3.77. The predicted octanol–water partition coefficient (Wildman–Crippen LogP) is 3.89. The summed E-state index contributed by atoms with van der Waals surface area (Å²) >= 11 is 0. The van der Waals surface area contributed by atoms with Crippen molar-refractivity contribution < 1.29 is 14.3 Å². The maximum absolute atomic E-state index is 12.6. The highest BCUT2D eigenvalue weighted by atomic mass is 16.5. The summed E-state index contributed by atoms with van der Waals surface area (Å²) < 4.78 is 11.1. The van der Waals surface area contributed by atoms with Gasteiger partial charge in [-0.05, 0) is 74.4 Å². The molecule has 0 atom stereocenters. The van der Waals surface area contributed by atoms with Crippen molar-refractivity contribution in [1.82, 2.24) is 15.1 Å². The van der Waals surface area contributed by atoms with E-state index in [0.717, 1.165) is 22.8 Å². The van der Waals surface area contributed by atoms with Gasteiger partial charge in [-0.3, -0.25) is 4.79 Å². The molecule has 0 radical (unpaired) electrons. The molecule has 172 valence electrons. The lowest BCUT2D eigenvalue weighted by atomic mass is 10.0. The van der Waals surface area contributed by atoms with E-state index in [1.165, 1.54) is 11.1 Å². The average molecular weight is 447 g/mol. The second kappa shape index (κ2) is 10.3. The summed E-state index contributed by atoms with van der Waals surface area (Å²) in [6.45, 7) is 9.48. The minimum absolute atomic E-state index is 0.0142. The molecule has 0 aliphatic carbocycles. The number of aromatic nitrogens is 2. The number of aryl methyl sites for hydroxylation is 2. The highest BCUT2D eigenvalue weighted by molar-refractivity contribution is 5.78. The number of benzene rings is 2. The van der Waals surface area contributed by atoms with E-state index >= 15 is 0 Å². The average Bonchev–Trinajstić information content (AvgIpc) is 2.85. The lowest BCUT2D eigenvalue weighted by molar-refractivity contribution is -0.133. The van der Waals surface area contributed by atoms with E-state index in [-0.39, 0.29) is 12.5 Å². The van der Waals surface area contributed by atoms with Gasteiger partial charge in [0.1, 0.15) is 11.5 Å². The SMILES string of the molecule is CCOc1ccc(OCC(=O)N2CCN(c3ccc(-c4ccc(C)c(C)c4)nn3)CC2)cc1. The summed E-state index contributed by atoms with van der Waals surface area (Å²) in [5.74, 6) is 2.27. The topological polar surface area (TPSA) is 67.8 Å². The molecule has 1 amide bonds. The van der Waals surface area contributed by atoms with Crippen molar-refractivity contribution in [2.75, 3.05) is 44.3 Å². The Kier molecular flexibility index (Phi) is 7.07. The molecule has 1 aromatic heterocycles. The molecule has 2 aromatic carbocycles. The van der Waals surface area contributed by atoms with Gasteiger partial charge >= 0.3 is 0 Å². The normalized spacial score (nSPS) is 13.7. The molecule has 4 rings (SSSR count). The van der Waals surface area contributed by atoms with E-state index in [2.05, 4.69) is 47.1 Å². The van der Waals surface area contributed by atoms with Crippen molar-refractivity contribution in [3.8, 4) is 22.8 Å². The molecule has 0 saturated carbocycles. The third-order valence-electron chi connectivity index (χ3n) is 5.91. The molecule has 33 heavy (non-hydrogen) atoms. The van der Waals surface area contributed by atoms with Gasteiger partial charge in [-0.15, -0.1) is 10.2 Å². The van der Waals surface area contributed by atoms with Gasteiger partial charge in [0, 0.05) is 31.7 Å². The van der Waals surface area contributed by atoms with Gasteiger partial charge in [-0.25, -0.2) is 0 Å². The van der Waals surface area contributed by atoms with Crippen LogP contribution in [0.15, 0.2) is 54.6 Å². The number of nitrogens with zero attached hydrogens (tertiary/aromatic N) is 4. The molecule has 1 aliphatic rings. The molecule has 1 fully saturated rings. The molecule has 3 aromatic rings. The second-order valence-electron chi connectivity index (χ2n) is 8.14. The standard InChI is InChI=1S/C26H30N4O3/c1-4-32-22-7-9-23(10-8-22)33-18-26(31)30-15-13-29(14-16-30)25-12-11-24(27-28-25)21-6-5-19(2)20(3)17-21/h5-12,17H,4,13-16,18H2,1-3H3. The first-order valence-corrected chi connectivity index (χ1v) is 11.3. The summed E-state index contributed by atoms with van der Waals surface area (Å²) in [5, 5.41) is 8.86. The molecule has 0 spiro atoms. The number of piperazine rings is 1. The Bertz CT molecular complexity index is 1080. The van der Waals surface area contributed by atoms with E-state index in [9.17, 15) is 4.79 Å². The van der Waals surface area contributed by atoms with E-state index in [1.54, 1.807) is 0 Å². The fraction of sp³-hybridized carbons (Fsp3) is 0.346. The smallest absolute Gasteiger partial charge is 0.260 e. The van der Waals surface area contributed by atoms with Crippen LogP contribution in [-0.4, -0.2) is 60.4 Å². The van der Waals surface area contributed by atoms with Crippen LogP contribution in [0.1, 0.15) is 18.1 Å². The number of ether oxygens (including phenoxy) is 2. The summed E-state index contributed by atoms with van der Waals surface area (Å²) in [6.07, 6.45) is 0. The summed E-state index contributed by atoms with van der Waals surface area (Å²) in [4.78, 5) is 16.6. The van der Waals surface area contributed by atoms with Crippen LogP contribution in [-0.2, 0) is 4.79 Å². The Labute approximate surface area is 195 Å². The molecule has 7 heteroatoms. The Morgan fingerprint density at radius 1 is 0.848 bits per heavy atom. The molecular weight excluding hydrogens is 416 g/mol. The van der Waals surface area contributed by atoms with Crippen LogP contribution in [0, 0.1) is 13.8 Å². The van der Waals surface area contributed by atoms with Crippen molar-refractivity contribution in [3.05, 3.63) is 65.7 Å². The zero-order valence-electron chi connectivity index (χ0n) is 19.5. The molecule has 0 unspecified atom stereocenters. The van der Waals surface area contributed by atoms with Gasteiger partial charge in [-0.2, -0.15) is 0 Å². The number of amides is 1. The van der Waals surface area contributed by atoms with Gasteiger partial charge in [0.2, 0.25) is 0 Å². The molecule has 7 nitrogen and oxygen atoms in total. The monoisotopic (exact) mass is 446 g/mol. The number of anilines is 1. The van der Waals surface area contributed by atoms with Crippen LogP contribution in [0.25, 0.3) is 11.3 Å². The first-order chi connectivity index (χ1) is 16.0. The summed E-state index contributed by atoms with van der Waals surface area (Å²) in [7, 11) is 0. The fourth-order valence-corrected chi connectivity index (χ4v) is 3.77. The Balaban J connectivity index is 1.27. The van der Waals surface area contributed by atoms with Crippen LogP contribution in [0.2, 0.25) is 0 Å². The minimum Gasteiger partial charge on any atom is -0.494 e. The van der Waals surface area contributed by atoms with Crippen LogP contribution in [0.5, 0.6) is 11.5 Å². The van der Waals surface area contributed by atoms with E-state index in [0.29, 0.717) is 38.5 Å². The van der Waals surface area contributed by atoms with Gasteiger partial charge in [0.15, 0.2) is 12.4 Å². The number of carbonyl (C=O) groups excluding carboxylic acids is 1. The first-order valence-electron chi connectivity index (χ1n) is 11.3. The largest absolute Gasteiger partial charge is 0.494 e. The first kappa shape index (κ1) is 22.6. The highest BCUT2D eigenvalue weighted by Crippen LogP contribution is 2.22. The van der Waals surface area contributed by atoms with E-state index in [1.807, 2.05) is 48.2 Å². The van der Waals surface area contributed by atoms with Crippen molar-refractivity contribution in [1.29, 1.82) is 0 Å². The number of carbonyl (C=O) groups is 1.